The molecule has 2 aromatic rings. The molecule has 0 aliphatic rings. The summed E-state index contributed by atoms with van der Waals surface area (Å²) in [6.07, 6.45) is 0.544. The largest absolute Gasteiger partial charge is 0.339 e. The third-order valence-corrected chi connectivity index (χ3v) is 4.80. The molecule has 0 heterocycles. The predicted molar refractivity (Wildman–Crippen MR) is 106 cm³/mol. The number of nitrogens with one attached hydrogen (secondary N) is 1. The van der Waals surface area contributed by atoms with Crippen LogP contribution in [0.1, 0.15) is 32.8 Å². The van der Waals surface area contributed by atoms with Gasteiger partial charge in [0.1, 0.15) is 5.69 Å². The van der Waals surface area contributed by atoms with Gasteiger partial charge in [0, 0.05) is 18.2 Å². The van der Waals surface area contributed by atoms with E-state index in [9.17, 15) is 40.5 Å². The molecule has 158 valence electrons. The average molecular weight is 419 g/mol. The van der Waals surface area contributed by atoms with Gasteiger partial charge >= 0.3 is 0 Å². The van der Waals surface area contributed by atoms with Gasteiger partial charge in [0.25, 0.3) is 22.7 Å². The quantitative estimate of drug-likeness (QED) is 0.465. The van der Waals surface area contributed by atoms with E-state index >= 15 is 0 Å². The van der Waals surface area contributed by atoms with E-state index in [1.165, 1.54) is 12.1 Å². The monoisotopic (exact) mass is 419 g/mol. The lowest BCUT2D eigenvalue weighted by Gasteiger charge is -2.23. The van der Waals surface area contributed by atoms with Crippen molar-refractivity contribution in [2.75, 3.05) is 5.32 Å². The van der Waals surface area contributed by atoms with Crippen molar-refractivity contribution < 1.29 is 19.7 Å². The Kier molecular flexibility index (Phi) is 5.95. The summed E-state index contributed by atoms with van der Waals surface area (Å²) in [7, 11) is 0. The standard InChI is InChI=1S/C17H17N5O8/c1-4-17(2,3)10-7-14(21(27)28)16(15(8-10)22(29)30)18-12-6-5-11(19(23)24)9-13(12)20(25)26/h5-9,18H,4H2,1-3H3. The maximum atomic E-state index is 11.6. The fourth-order valence-electron chi connectivity index (χ4n) is 2.65. The van der Waals surface area contributed by atoms with Gasteiger partial charge in [-0.15, -0.1) is 0 Å². The molecule has 0 bridgehead atoms. The number of rotatable bonds is 8. The van der Waals surface area contributed by atoms with Crippen LogP contribution >= 0.6 is 0 Å². The van der Waals surface area contributed by atoms with E-state index < -0.39 is 53.5 Å². The molecule has 0 radical (unpaired) electrons. The first-order valence-electron chi connectivity index (χ1n) is 8.56. The van der Waals surface area contributed by atoms with E-state index in [1.54, 1.807) is 13.8 Å². The van der Waals surface area contributed by atoms with E-state index in [0.29, 0.717) is 18.1 Å². The smallest absolute Gasteiger partial charge is 0.300 e. The number of anilines is 2. The summed E-state index contributed by atoms with van der Waals surface area (Å²) in [5.74, 6) is 0. The SMILES string of the molecule is CCC(C)(C)c1cc([N+](=O)[O-])c(Nc2ccc([N+](=O)[O-])cc2[N+](=O)[O-])c([N+](=O)[O-])c1. The normalized spacial score (nSPS) is 11.0. The molecule has 0 amide bonds. The second-order valence-electron chi connectivity index (χ2n) is 6.98. The van der Waals surface area contributed by atoms with Gasteiger partial charge in [-0.3, -0.25) is 40.5 Å². The van der Waals surface area contributed by atoms with Gasteiger partial charge in [-0.25, -0.2) is 0 Å². The molecule has 13 heteroatoms. The molecule has 0 fully saturated rings. The van der Waals surface area contributed by atoms with Crippen molar-refractivity contribution in [3.63, 3.8) is 0 Å². The van der Waals surface area contributed by atoms with Crippen molar-refractivity contribution in [1.29, 1.82) is 0 Å². The van der Waals surface area contributed by atoms with E-state index in [1.807, 2.05) is 6.92 Å². The third kappa shape index (κ3) is 4.29. The van der Waals surface area contributed by atoms with Gasteiger partial charge in [-0.05, 0) is 23.5 Å². The molecule has 0 saturated heterocycles. The topological polar surface area (TPSA) is 185 Å². The first-order chi connectivity index (χ1) is 13.9. The number of nitro benzene ring substituents is 4. The minimum atomic E-state index is -0.929. The highest BCUT2D eigenvalue weighted by Gasteiger charge is 2.32. The van der Waals surface area contributed by atoms with Crippen molar-refractivity contribution in [1.82, 2.24) is 0 Å². The van der Waals surface area contributed by atoms with Crippen molar-refractivity contribution in [3.8, 4) is 0 Å². The van der Waals surface area contributed by atoms with Gasteiger partial charge in [0.05, 0.1) is 25.8 Å². The molecule has 2 aromatic carbocycles. The molecule has 0 unspecified atom stereocenters. The summed E-state index contributed by atoms with van der Waals surface area (Å²) in [4.78, 5) is 42.0. The summed E-state index contributed by atoms with van der Waals surface area (Å²) in [6, 6.07) is 4.93. The van der Waals surface area contributed by atoms with E-state index in [-0.39, 0.29) is 5.69 Å². The van der Waals surface area contributed by atoms with Crippen molar-refractivity contribution in [2.24, 2.45) is 0 Å². The summed E-state index contributed by atoms with van der Waals surface area (Å²) in [5.41, 5.74) is -3.79. The second-order valence-corrected chi connectivity index (χ2v) is 6.98. The third-order valence-electron chi connectivity index (χ3n) is 4.80. The van der Waals surface area contributed by atoms with Crippen molar-refractivity contribution >= 4 is 34.1 Å². The Balaban J connectivity index is 2.76. The van der Waals surface area contributed by atoms with Crippen LogP contribution in [-0.4, -0.2) is 19.7 Å². The number of hydrogen-bond donors (Lipinski definition) is 1. The minimum Gasteiger partial charge on any atom is -0.339 e. The van der Waals surface area contributed by atoms with Crippen LogP contribution in [0, 0.1) is 40.5 Å². The molecule has 0 atom stereocenters. The first kappa shape index (κ1) is 22.1. The first-order valence-corrected chi connectivity index (χ1v) is 8.56. The number of hydrogen-bond acceptors (Lipinski definition) is 9. The van der Waals surface area contributed by atoms with Gasteiger partial charge < -0.3 is 5.32 Å². The van der Waals surface area contributed by atoms with Gasteiger partial charge in [-0.2, -0.15) is 0 Å². The Bertz CT molecular complexity index is 1030. The highest BCUT2D eigenvalue weighted by molar-refractivity contribution is 5.83. The summed E-state index contributed by atoms with van der Waals surface area (Å²) >= 11 is 0. The molecule has 0 saturated carbocycles. The fourth-order valence-corrected chi connectivity index (χ4v) is 2.65. The van der Waals surface area contributed by atoms with Crippen LogP contribution < -0.4 is 5.32 Å². The molecule has 0 aliphatic heterocycles. The Morgan fingerprint density at radius 1 is 0.800 bits per heavy atom. The lowest BCUT2D eigenvalue weighted by Crippen LogP contribution is -2.16. The van der Waals surface area contributed by atoms with Crippen LogP contribution in [0.3, 0.4) is 0 Å². The molecule has 30 heavy (non-hydrogen) atoms. The van der Waals surface area contributed by atoms with Crippen molar-refractivity contribution in [2.45, 2.75) is 32.6 Å². The molecule has 2 rings (SSSR count). The van der Waals surface area contributed by atoms with Crippen LogP contribution in [0.5, 0.6) is 0 Å². The van der Waals surface area contributed by atoms with Crippen LogP contribution in [0.15, 0.2) is 30.3 Å². The fraction of sp³-hybridized carbons (Fsp3) is 0.294. The zero-order valence-electron chi connectivity index (χ0n) is 16.1. The van der Waals surface area contributed by atoms with Crippen molar-refractivity contribution in [3.05, 3.63) is 76.4 Å². The maximum absolute atomic E-state index is 11.6. The Morgan fingerprint density at radius 3 is 1.70 bits per heavy atom. The van der Waals surface area contributed by atoms with Gasteiger partial charge in [0.2, 0.25) is 0 Å². The lowest BCUT2D eigenvalue weighted by atomic mass is 9.81. The van der Waals surface area contributed by atoms with E-state index in [4.69, 9.17) is 0 Å². The van der Waals surface area contributed by atoms with Crippen LogP contribution in [0.4, 0.5) is 34.1 Å². The number of nitrogens with zero attached hydrogens (tertiary/aromatic N) is 4. The molecule has 1 N–H and O–H groups in total. The van der Waals surface area contributed by atoms with E-state index in [2.05, 4.69) is 5.32 Å². The minimum absolute atomic E-state index is 0.354. The zero-order chi connectivity index (χ0) is 22.8. The molecule has 0 spiro atoms. The summed E-state index contributed by atoms with van der Waals surface area (Å²) in [6.45, 7) is 5.36. The zero-order valence-corrected chi connectivity index (χ0v) is 16.1. The number of nitro groups is 4. The maximum Gasteiger partial charge on any atom is 0.300 e. The van der Waals surface area contributed by atoms with Gasteiger partial charge in [-0.1, -0.05) is 20.8 Å². The van der Waals surface area contributed by atoms with Gasteiger partial charge in [0.15, 0.2) is 5.69 Å². The Morgan fingerprint density at radius 2 is 1.30 bits per heavy atom. The summed E-state index contributed by atoms with van der Waals surface area (Å²) in [5, 5.41) is 47.8. The highest BCUT2D eigenvalue weighted by Crippen LogP contribution is 2.43. The molecule has 0 aromatic heterocycles. The van der Waals surface area contributed by atoms with Crippen LogP contribution in [0.25, 0.3) is 0 Å². The number of benzene rings is 2. The Labute approximate surface area is 168 Å². The van der Waals surface area contributed by atoms with E-state index in [0.717, 1.165) is 12.1 Å². The lowest BCUT2D eigenvalue weighted by molar-refractivity contribution is -0.393. The van der Waals surface area contributed by atoms with Crippen LogP contribution in [0.2, 0.25) is 0 Å². The van der Waals surface area contributed by atoms with Crippen LogP contribution in [-0.2, 0) is 5.41 Å². The predicted octanol–water partition coefficient (Wildman–Crippen LogP) is 4.75. The number of non-ortho nitro benzene ring substituents is 1. The molecule has 13 nitrogen and oxygen atoms in total. The summed E-state index contributed by atoms with van der Waals surface area (Å²) < 4.78 is 0. The highest BCUT2D eigenvalue weighted by atomic mass is 16.6. The molecular formula is C17H17N5O8. The molecular weight excluding hydrogens is 402 g/mol. The second kappa shape index (κ2) is 8.06. The molecule has 0 aliphatic carbocycles. The Hall–Kier alpha value is -4.16. The average Bonchev–Trinajstić information content (AvgIpc) is 2.67.